The van der Waals surface area contributed by atoms with Crippen molar-refractivity contribution in [2.75, 3.05) is 12.9 Å². The maximum absolute atomic E-state index is 5.03. The topological polar surface area (TPSA) is 46.5 Å². The van der Waals surface area contributed by atoms with E-state index in [9.17, 15) is 0 Å². The normalized spacial score (nSPS) is 21.7. The third kappa shape index (κ3) is 3.63. The van der Waals surface area contributed by atoms with Crippen LogP contribution in [0.4, 0.5) is 0 Å². The Labute approximate surface area is 112 Å². The fourth-order valence-electron chi connectivity index (χ4n) is 1.77. The number of rotatable bonds is 4. The molecule has 4 nitrogen and oxygen atoms in total. The maximum Gasteiger partial charge on any atom is 0.212 e. The number of amidine groups is 1. The average Bonchev–Trinajstić information content (AvgIpc) is 2.46. The molecule has 1 fully saturated rings. The molecule has 1 aliphatic heterocycles. The molecule has 5 heteroatoms. The first-order chi connectivity index (χ1) is 8.81. The van der Waals surface area contributed by atoms with Crippen LogP contribution < -0.4 is 10.1 Å². The summed E-state index contributed by atoms with van der Waals surface area (Å²) in [5.74, 6) is 1.80. The summed E-state index contributed by atoms with van der Waals surface area (Å²) < 4.78 is 5.03. The van der Waals surface area contributed by atoms with Gasteiger partial charge in [-0.1, -0.05) is 24.8 Å². The van der Waals surface area contributed by atoms with Gasteiger partial charge in [0.25, 0.3) is 0 Å². The van der Waals surface area contributed by atoms with E-state index in [2.05, 4.69) is 22.2 Å². The third-order valence-corrected chi connectivity index (χ3v) is 3.90. The Morgan fingerprint density at radius 3 is 3.11 bits per heavy atom. The van der Waals surface area contributed by atoms with Gasteiger partial charge in [-0.15, -0.1) is 0 Å². The van der Waals surface area contributed by atoms with Crippen molar-refractivity contribution in [2.45, 2.75) is 32.4 Å². The molecule has 2 rings (SSSR count). The highest BCUT2D eigenvalue weighted by Gasteiger charge is 2.15. The van der Waals surface area contributed by atoms with E-state index in [0.717, 1.165) is 22.9 Å². The minimum Gasteiger partial charge on any atom is -0.481 e. The molecule has 0 spiro atoms. The van der Waals surface area contributed by atoms with Crippen LogP contribution >= 0.6 is 11.8 Å². The second kappa shape index (κ2) is 6.64. The molecule has 1 atom stereocenters. The predicted octanol–water partition coefficient (Wildman–Crippen LogP) is 2.45. The minimum atomic E-state index is 0.582. The third-order valence-electron chi connectivity index (χ3n) is 2.94. The van der Waals surface area contributed by atoms with Crippen LogP contribution in [0.5, 0.6) is 5.88 Å². The first-order valence-corrected chi connectivity index (χ1v) is 7.23. The number of hydrogen-bond donors (Lipinski definition) is 1. The molecule has 0 amide bonds. The van der Waals surface area contributed by atoms with Crippen LogP contribution in [0.2, 0.25) is 0 Å². The van der Waals surface area contributed by atoms with Crippen molar-refractivity contribution in [3.63, 3.8) is 0 Å². The summed E-state index contributed by atoms with van der Waals surface area (Å²) in [5.41, 5.74) is 1.10. The summed E-state index contributed by atoms with van der Waals surface area (Å²) in [6.45, 7) is 2.88. The molecular formula is C13H19N3OS. The van der Waals surface area contributed by atoms with Crippen LogP contribution in [0, 0.1) is 0 Å². The number of aromatic nitrogens is 1. The Balaban J connectivity index is 1.92. The van der Waals surface area contributed by atoms with Crippen molar-refractivity contribution in [3.05, 3.63) is 23.9 Å². The van der Waals surface area contributed by atoms with E-state index in [1.54, 1.807) is 18.9 Å². The molecule has 1 N–H and O–H groups in total. The maximum atomic E-state index is 5.03. The van der Waals surface area contributed by atoms with Gasteiger partial charge in [-0.05, 0) is 18.4 Å². The molecule has 0 saturated carbocycles. The highest BCUT2D eigenvalue weighted by atomic mass is 32.2. The second-order valence-corrected chi connectivity index (χ2v) is 5.30. The van der Waals surface area contributed by atoms with Gasteiger partial charge in [0, 0.05) is 24.1 Å². The lowest BCUT2D eigenvalue weighted by Gasteiger charge is -2.24. The van der Waals surface area contributed by atoms with E-state index < -0.39 is 0 Å². The van der Waals surface area contributed by atoms with Gasteiger partial charge < -0.3 is 10.1 Å². The predicted molar refractivity (Wildman–Crippen MR) is 76.2 cm³/mol. The van der Waals surface area contributed by atoms with Crippen LogP contribution in [0.25, 0.3) is 0 Å². The smallest absolute Gasteiger partial charge is 0.212 e. The summed E-state index contributed by atoms with van der Waals surface area (Å²) in [6.07, 6.45) is 4.20. The number of methoxy groups -OCH3 is 1. The number of ether oxygens (including phenoxy) is 1. The zero-order valence-corrected chi connectivity index (χ0v) is 11.7. The van der Waals surface area contributed by atoms with E-state index in [1.807, 2.05) is 18.3 Å². The lowest BCUT2D eigenvalue weighted by molar-refractivity contribution is 0.397. The minimum absolute atomic E-state index is 0.582. The van der Waals surface area contributed by atoms with Crippen LogP contribution in [0.15, 0.2) is 23.3 Å². The number of aliphatic imine (C=N–C) groups is 1. The lowest BCUT2D eigenvalue weighted by Crippen LogP contribution is -2.37. The molecular weight excluding hydrogens is 246 g/mol. The number of thioether (sulfide) groups is 1. The molecule has 1 saturated heterocycles. The molecule has 0 aliphatic carbocycles. The quantitative estimate of drug-likeness (QED) is 0.908. The molecule has 1 aromatic heterocycles. The Kier molecular flexibility index (Phi) is 4.87. The summed E-state index contributed by atoms with van der Waals surface area (Å²) in [4.78, 5) is 8.77. The zero-order valence-electron chi connectivity index (χ0n) is 10.8. The first-order valence-electron chi connectivity index (χ1n) is 6.24. The van der Waals surface area contributed by atoms with E-state index >= 15 is 0 Å². The number of pyridine rings is 1. The van der Waals surface area contributed by atoms with Gasteiger partial charge in [-0.2, -0.15) is 0 Å². The highest BCUT2D eigenvalue weighted by Crippen LogP contribution is 2.16. The van der Waals surface area contributed by atoms with Gasteiger partial charge >= 0.3 is 0 Å². The first kappa shape index (κ1) is 13.2. The summed E-state index contributed by atoms with van der Waals surface area (Å²) in [6, 6.07) is 4.45. The SMILES string of the molecule is CCC1CCSC(=NCc2ccc(OC)nc2)N1. The van der Waals surface area contributed by atoms with E-state index in [4.69, 9.17) is 4.74 Å². The summed E-state index contributed by atoms with van der Waals surface area (Å²) >= 11 is 1.80. The molecule has 18 heavy (non-hydrogen) atoms. The molecule has 0 radical (unpaired) electrons. The van der Waals surface area contributed by atoms with Gasteiger partial charge in [-0.3, -0.25) is 4.99 Å². The van der Waals surface area contributed by atoms with Crippen LogP contribution in [-0.2, 0) is 6.54 Å². The van der Waals surface area contributed by atoms with Gasteiger partial charge in [0.05, 0.1) is 13.7 Å². The van der Waals surface area contributed by atoms with Crippen molar-refractivity contribution in [1.82, 2.24) is 10.3 Å². The van der Waals surface area contributed by atoms with E-state index in [-0.39, 0.29) is 0 Å². The molecule has 0 aromatic carbocycles. The lowest BCUT2D eigenvalue weighted by atomic mass is 10.2. The van der Waals surface area contributed by atoms with Crippen molar-refractivity contribution in [2.24, 2.45) is 4.99 Å². The molecule has 0 bridgehead atoms. The monoisotopic (exact) mass is 265 g/mol. The number of hydrogen-bond acceptors (Lipinski definition) is 4. The molecule has 1 aliphatic rings. The van der Waals surface area contributed by atoms with Gasteiger partial charge in [-0.25, -0.2) is 4.98 Å². The van der Waals surface area contributed by atoms with Gasteiger partial charge in [0.15, 0.2) is 5.17 Å². The van der Waals surface area contributed by atoms with Crippen molar-refractivity contribution in [1.29, 1.82) is 0 Å². The van der Waals surface area contributed by atoms with E-state index in [0.29, 0.717) is 18.5 Å². The van der Waals surface area contributed by atoms with Gasteiger partial charge in [0.2, 0.25) is 5.88 Å². The Morgan fingerprint density at radius 1 is 1.56 bits per heavy atom. The Morgan fingerprint density at radius 2 is 2.44 bits per heavy atom. The highest BCUT2D eigenvalue weighted by molar-refractivity contribution is 8.13. The van der Waals surface area contributed by atoms with Crippen molar-refractivity contribution in [3.8, 4) is 5.88 Å². The molecule has 1 unspecified atom stereocenters. The molecule has 98 valence electrons. The summed E-state index contributed by atoms with van der Waals surface area (Å²) in [7, 11) is 1.62. The van der Waals surface area contributed by atoms with Gasteiger partial charge in [0.1, 0.15) is 0 Å². The number of nitrogens with one attached hydrogen (secondary N) is 1. The Bertz CT molecular complexity index is 405. The second-order valence-electron chi connectivity index (χ2n) is 4.22. The zero-order chi connectivity index (χ0) is 12.8. The van der Waals surface area contributed by atoms with Crippen LogP contribution in [0.3, 0.4) is 0 Å². The standard InChI is InChI=1S/C13H19N3OS/c1-3-11-6-7-18-13(16-11)15-9-10-4-5-12(17-2)14-8-10/h4-5,8,11H,3,6-7,9H2,1-2H3,(H,15,16). The molecule has 1 aromatic rings. The van der Waals surface area contributed by atoms with E-state index in [1.165, 1.54) is 6.42 Å². The number of nitrogens with zero attached hydrogens (tertiary/aromatic N) is 2. The fourth-order valence-corrected chi connectivity index (χ4v) is 2.77. The van der Waals surface area contributed by atoms with Crippen LogP contribution in [-0.4, -0.2) is 29.1 Å². The van der Waals surface area contributed by atoms with Crippen molar-refractivity contribution < 1.29 is 4.74 Å². The van der Waals surface area contributed by atoms with Crippen LogP contribution in [0.1, 0.15) is 25.3 Å². The fraction of sp³-hybridized carbons (Fsp3) is 0.538. The summed E-state index contributed by atoms with van der Waals surface area (Å²) in [5, 5.41) is 4.52. The average molecular weight is 265 g/mol. The molecule has 2 heterocycles. The largest absolute Gasteiger partial charge is 0.481 e. The Hall–Kier alpha value is -1.23. The van der Waals surface area contributed by atoms with Crippen molar-refractivity contribution >= 4 is 16.9 Å².